The Labute approximate surface area is 357 Å². The molecule has 0 aliphatic rings. The summed E-state index contributed by atoms with van der Waals surface area (Å²) in [5.74, 6) is -71.4. The first-order valence-electron chi connectivity index (χ1n) is 18.3. The number of nitrogens with zero attached hydrogens (tertiary/aromatic N) is 1. The minimum absolute atomic E-state index is 0.893. The second-order valence-corrected chi connectivity index (χ2v) is 14.3. The van der Waals surface area contributed by atoms with Crippen molar-refractivity contribution in [2.45, 2.75) is 20.4 Å². The summed E-state index contributed by atoms with van der Waals surface area (Å²) in [5, 5.41) is 0. The topological polar surface area (TPSA) is 3.88 Å². The molecule has 0 amide bonds. The fourth-order valence-electron chi connectivity index (χ4n) is 7.52. The zero-order chi connectivity index (χ0) is 49.0. The van der Waals surface area contributed by atoms with Crippen LogP contribution in [0, 0.1) is 130 Å². The number of rotatable bonds is 7. The SMILES string of the molecule is Cc1ccc(C)c(-c2cccc[n+]2Cc2ccccc2)c1.Fc1c(F)c(F)c([B-](c2c(F)c(F)c(F)c(F)c2F)(c2c(F)c(F)c(F)c(F)c2F)c2c(F)c(F)c(F)c(F)c2F)c(F)c1F. The van der Waals surface area contributed by atoms with E-state index in [-0.39, 0.29) is 0 Å². The molecule has 6 aromatic carbocycles. The first-order valence-corrected chi connectivity index (χ1v) is 18.3. The largest absolute Gasteiger partial charge is 0.213 e. The summed E-state index contributed by atoms with van der Waals surface area (Å²) in [5.41, 5.74) is -7.82. The highest BCUT2D eigenvalue weighted by Gasteiger charge is 2.52. The van der Waals surface area contributed by atoms with E-state index >= 15 is 35.1 Å². The zero-order valence-electron chi connectivity index (χ0n) is 32.7. The van der Waals surface area contributed by atoms with Gasteiger partial charge >= 0.3 is 0 Å². The van der Waals surface area contributed by atoms with Gasteiger partial charge in [0.1, 0.15) is 52.7 Å². The summed E-state index contributed by atoms with van der Waals surface area (Å²) >= 11 is 0. The number of hydrogen-bond acceptors (Lipinski definition) is 0. The van der Waals surface area contributed by atoms with Crippen molar-refractivity contribution in [3.63, 3.8) is 0 Å². The van der Waals surface area contributed by atoms with Gasteiger partial charge in [0, 0.05) is 23.3 Å². The number of aryl methyl sites for hydroxylation is 2. The van der Waals surface area contributed by atoms with E-state index in [9.17, 15) is 52.7 Å². The van der Waals surface area contributed by atoms with Gasteiger partial charge in [0.15, 0.2) is 82.5 Å². The Kier molecular flexibility index (Phi) is 13.4. The van der Waals surface area contributed by atoms with Crippen LogP contribution < -0.4 is 26.4 Å². The molecule has 0 fully saturated rings. The molecular formula is C44H20BF20N. The Bertz CT molecular complexity index is 2700. The van der Waals surface area contributed by atoms with Gasteiger partial charge in [-0.15, -0.1) is 21.9 Å². The van der Waals surface area contributed by atoms with Crippen LogP contribution in [0.2, 0.25) is 0 Å². The second-order valence-electron chi connectivity index (χ2n) is 14.3. The lowest BCUT2D eigenvalue weighted by Gasteiger charge is -2.44. The minimum Gasteiger partial charge on any atom is -0.207 e. The molecule has 0 radical (unpaired) electrons. The van der Waals surface area contributed by atoms with Crippen LogP contribution in [0.5, 0.6) is 0 Å². The van der Waals surface area contributed by atoms with Crippen molar-refractivity contribution >= 4 is 28.0 Å². The van der Waals surface area contributed by atoms with Crippen LogP contribution in [0.25, 0.3) is 11.3 Å². The molecule has 7 rings (SSSR count). The van der Waals surface area contributed by atoms with Gasteiger partial charge in [0.2, 0.25) is 5.69 Å². The van der Waals surface area contributed by atoms with Crippen molar-refractivity contribution in [2.75, 3.05) is 0 Å². The number of hydrogen-bond donors (Lipinski definition) is 0. The van der Waals surface area contributed by atoms with E-state index in [1.54, 1.807) is 0 Å². The highest BCUT2D eigenvalue weighted by molar-refractivity contribution is 7.20. The van der Waals surface area contributed by atoms with E-state index in [0.29, 0.717) is 0 Å². The van der Waals surface area contributed by atoms with Crippen molar-refractivity contribution < 1.29 is 92.4 Å². The first-order chi connectivity index (χ1) is 30.9. The van der Waals surface area contributed by atoms with Gasteiger partial charge in [-0.3, -0.25) is 0 Å². The Morgan fingerprint density at radius 2 is 0.652 bits per heavy atom. The predicted octanol–water partition coefficient (Wildman–Crippen LogP) is 10.2. The molecule has 0 atom stereocenters. The average molecular weight is 953 g/mol. The molecular weight excluding hydrogens is 933 g/mol. The maximum Gasteiger partial charge on any atom is 0.213 e. The Morgan fingerprint density at radius 3 is 0.985 bits per heavy atom. The third kappa shape index (κ3) is 7.68. The van der Waals surface area contributed by atoms with Gasteiger partial charge in [0.25, 0.3) is 0 Å². The standard InChI is InChI=1S/C24BF20.C20H20N/c26-5-1(6(27)14(35)21(42)13(5)34)25(2-7(28)15(36)22(43)16(37)8(2)29,3-9(30)17(38)23(44)18(39)10(3)31)4-11(32)19(40)24(45)20(41)12(4)33;1-16-11-12-17(2)19(14-16)20-10-6-7-13-21(20)15-18-8-4-3-5-9-18/h;3-14H,15H2,1-2H3/q-1;+1. The third-order valence-corrected chi connectivity index (χ3v) is 10.5. The molecule has 1 heterocycles. The fourth-order valence-corrected chi connectivity index (χ4v) is 7.52. The van der Waals surface area contributed by atoms with Crippen LogP contribution >= 0.6 is 0 Å². The van der Waals surface area contributed by atoms with Crippen molar-refractivity contribution in [2.24, 2.45) is 0 Å². The molecule has 0 unspecified atom stereocenters. The van der Waals surface area contributed by atoms with Crippen molar-refractivity contribution in [3.8, 4) is 11.3 Å². The van der Waals surface area contributed by atoms with Crippen LogP contribution in [-0.4, -0.2) is 6.15 Å². The molecule has 22 heteroatoms. The summed E-state index contributed by atoms with van der Waals surface area (Å²) in [4.78, 5) is 0. The van der Waals surface area contributed by atoms with E-state index in [2.05, 4.69) is 91.3 Å². The lowest BCUT2D eigenvalue weighted by molar-refractivity contribution is -0.677. The van der Waals surface area contributed by atoms with E-state index in [1.807, 2.05) is 0 Å². The van der Waals surface area contributed by atoms with Crippen LogP contribution in [0.1, 0.15) is 16.7 Å². The highest BCUT2D eigenvalue weighted by Crippen LogP contribution is 2.31. The maximum absolute atomic E-state index is 15.4. The highest BCUT2D eigenvalue weighted by atomic mass is 19.2. The van der Waals surface area contributed by atoms with Crippen LogP contribution in [0.4, 0.5) is 87.8 Å². The Balaban J connectivity index is 0.000000284. The summed E-state index contributed by atoms with van der Waals surface area (Å²) in [6, 6.07) is 23.6. The second kappa shape index (κ2) is 18.2. The van der Waals surface area contributed by atoms with Gasteiger partial charge in [-0.2, -0.15) is 4.57 Å². The summed E-state index contributed by atoms with van der Waals surface area (Å²) in [6.07, 6.45) is -5.06. The number of aromatic nitrogens is 1. The quantitative estimate of drug-likeness (QED) is 0.0493. The van der Waals surface area contributed by atoms with Crippen LogP contribution in [-0.2, 0) is 6.54 Å². The van der Waals surface area contributed by atoms with Gasteiger partial charge < -0.3 is 0 Å². The van der Waals surface area contributed by atoms with E-state index in [0.717, 1.165) is 6.54 Å². The number of halogens is 20. The molecule has 344 valence electrons. The molecule has 66 heavy (non-hydrogen) atoms. The van der Waals surface area contributed by atoms with Gasteiger partial charge in [-0.05, 0) is 31.5 Å². The van der Waals surface area contributed by atoms with E-state index < -0.39 is 144 Å². The molecule has 0 bridgehead atoms. The van der Waals surface area contributed by atoms with E-state index in [4.69, 9.17) is 0 Å². The Morgan fingerprint density at radius 1 is 0.348 bits per heavy atom. The lowest BCUT2D eigenvalue weighted by Crippen LogP contribution is -2.81. The smallest absolute Gasteiger partial charge is 0.207 e. The number of benzene rings is 6. The molecule has 7 aromatic rings. The fraction of sp³-hybridized carbons (Fsp3) is 0.0682. The van der Waals surface area contributed by atoms with E-state index in [1.165, 1.54) is 27.9 Å². The normalized spacial score (nSPS) is 11.5. The maximum atomic E-state index is 15.4. The monoisotopic (exact) mass is 953 g/mol. The molecule has 0 saturated carbocycles. The van der Waals surface area contributed by atoms with Crippen molar-refractivity contribution in [3.05, 3.63) is 206 Å². The van der Waals surface area contributed by atoms with Crippen LogP contribution in [0.15, 0.2) is 72.9 Å². The van der Waals surface area contributed by atoms with Gasteiger partial charge in [-0.25, -0.2) is 87.8 Å². The molecule has 0 aliphatic heterocycles. The summed E-state index contributed by atoms with van der Waals surface area (Å²) in [6.45, 7) is 5.21. The van der Waals surface area contributed by atoms with Crippen molar-refractivity contribution in [1.82, 2.24) is 0 Å². The third-order valence-electron chi connectivity index (χ3n) is 10.5. The van der Waals surface area contributed by atoms with Gasteiger partial charge in [-0.1, -0.05) is 48.0 Å². The molecule has 1 aromatic heterocycles. The zero-order valence-corrected chi connectivity index (χ0v) is 32.7. The summed E-state index contributed by atoms with van der Waals surface area (Å²) < 4.78 is 296. The molecule has 0 saturated heterocycles. The Hall–Kier alpha value is -6.87. The number of pyridine rings is 1. The predicted molar refractivity (Wildman–Crippen MR) is 196 cm³/mol. The molecule has 0 N–H and O–H groups in total. The van der Waals surface area contributed by atoms with Crippen LogP contribution in [0.3, 0.4) is 0 Å². The molecule has 0 aliphatic carbocycles. The van der Waals surface area contributed by atoms with Crippen molar-refractivity contribution in [1.29, 1.82) is 0 Å². The summed E-state index contributed by atoms with van der Waals surface area (Å²) in [7, 11) is 0. The minimum atomic E-state index is -7.22. The van der Waals surface area contributed by atoms with Gasteiger partial charge in [0.05, 0.1) is 0 Å². The molecule has 0 spiro atoms. The average Bonchev–Trinajstić information content (AvgIpc) is 3.30. The lowest BCUT2D eigenvalue weighted by atomic mass is 9.12. The first kappa shape index (κ1) is 48.6. The molecule has 1 nitrogen and oxygen atoms in total.